The van der Waals surface area contributed by atoms with Crippen molar-refractivity contribution in [3.63, 3.8) is 0 Å². The van der Waals surface area contributed by atoms with Crippen LogP contribution in [0.4, 0.5) is 14.5 Å². The number of methoxy groups -OCH3 is 1. The summed E-state index contributed by atoms with van der Waals surface area (Å²) in [5.74, 6) is -0.627. The molecule has 0 aliphatic heterocycles. The standard InChI is InChI=1S/C14H15F2N3O3/c1-9-3-4-10(12(7-9)22-14(15)16)17-13(20)11-5-6-19(18-11)8-21-2/h3-7,14H,8H2,1-2H3,(H,17,20). The van der Waals surface area contributed by atoms with Gasteiger partial charge in [0, 0.05) is 13.3 Å². The zero-order chi connectivity index (χ0) is 16.1. The summed E-state index contributed by atoms with van der Waals surface area (Å²) in [6.45, 7) is -1.04. The molecule has 118 valence electrons. The first kappa shape index (κ1) is 15.9. The first-order chi connectivity index (χ1) is 10.5. The lowest BCUT2D eigenvalue weighted by atomic mass is 10.2. The number of nitrogens with zero attached hydrogens (tertiary/aromatic N) is 2. The van der Waals surface area contributed by atoms with Crippen molar-refractivity contribution < 1.29 is 23.0 Å². The normalized spacial score (nSPS) is 10.8. The number of aryl methyl sites for hydroxylation is 1. The molecule has 0 spiro atoms. The van der Waals surface area contributed by atoms with E-state index in [0.717, 1.165) is 5.56 Å². The monoisotopic (exact) mass is 311 g/mol. The first-order valence-electron chi connectivity index (χ1n) is 6.39. The highest BCUT2D eigenvalue weighted by atomic mass is 19.3. The summed E-state index contributed by atoms with van der Waals surface area (Å²) >= 11 is 0. The van der Waals surface area contributed by atoms with Crippen molar-refractivity contribution in [3.05, 3.63) is 41.7 Å². The van der Waals surface area contributed by atoms with Gasteiger partial charge in [-0.3, -0.25) is 4.79 Å². The van der Waals surface area contributed by atoms with Crippen LogP contribution in [0.2, 0.25) is 0 Å². The topological polar surface area (TPSA) is 65.4 Å². The van der Waals surface area contributed by atoms with Gasteiger partial charge in [0.25, 0.3) is 5.91 Å². The highest BCUT2D eigenvalue weighted by Gasteiger charge is 2.15. The number of anilines is 1. The molecule has 6 nitrogen and oxygen atoms in total. The second kappa shape index (κ2) is 6.99. The molecular weight excluding hydrogens is 296 g/mol. The Labute approximate surface area is 125 Å². The van der Waals surface area contributed by atoms with Crippen molar-refractivity contribution in [1.29, 1.82) is 0 Å². The van der Waals surface area contributed by atoms with Crippen LogP contribution in [-0.4, -0.2) is 29.4 Å². The number of nitrogens with one attached hydrogen (secondary N) is 1. The Morgan fingerprint density at radius 2 is 2.18 bits per heavy atom. The van der Waals surface area contributed by atoms with Crippen molar-refractivity contribution >= 4 is 11.6 Å². The molecule has 0 saturated heterocycles. The molecule has 0 unspecified atom stereocenters. The number of ether oxygens (including phenoxy) is 2. The van der Waals surface area contributed by atoms with E-state index in [2.05, 4.69) is 15.2 Å². The number of rotatable bonds is 6. The van der Waals surface area contributed by atoms with Gasteiger partial charge in [0.05, 0.1) is 5.69 Å². The smallest absolute Gasteiger partial charge is 0.387 e. The third kappa shape index (κ3) is 4.01. The number of halogens is 2. The summed E-state index contributed by atoms with van der Waals surface area (Å²) in [4.78, 5) is 12.1. The van der Waals surface area contributed by atoms with E-state index in [0.29, 0.717) is 0 Å². The Morgan fingerprint density at radius 1 is 1.41 bits per heavy atom. The minimum Gasteiger partial charge on any atom is -0.433 e. The molecule has 0 aliphatic carbocycles. The number of aromatic nitrogens is 2. The fourth-order valence-electron chi connectivity index (χ4n) is 1.80. The Hall–Kier alpha value is -2.48. The third-order valence-corrected chi connectivity index (χ3v) is 2.74. The number of benzene rings is 1. The van der Waals surface area contributed by atoms with Crippen LogP contribution in [0.1, 0.15) is 16.1 Å². The van der Waals surface area contributed by atoms with Crippen LogP contribution in [0.3, 0.4) is 0 Å². The minimum atomic E-state index is -2.97. The van der Waals surface area contributed by atoms with E-state index in [4.69, 9.17) is 4.74 Å². The largest absolute Gasteiger partial charge is 0.433 e. The molecule has 1 N–H and O–H groups in total. The van der Waals surface area contributed by atoms with Crippen molar-refractivity contribution in [2.75, 3.05) is 12.4 Å². The number of carbonyl (C=O) groups is 1. The number of hydrogen-bond donors (Lipinski definition) is 1. The SMILES string of the molecule is COCn1ccc(C(=O)Nc2ccc(C)cc2OC(F)F)n1. The molecule has 0 bridgehead atoms. The lowest BCUT2D eigenvalue weighted by molar-refractivity contribution is -0.0494. The second-order valence-electron chi connectivity index (χ2n) is 4.49. The summed E-state index contributed by atoms with van der Waals surface area (Å²) in [6.07, 6.45) is 1.57. The Bertz CT molecular complexity index is 659. The van der Waals surface area contributed by atoms with E-state index in [-0.39, 0.29) is 23.9 Å². The first-order valence-corrected chi connectivity index (χ1v) is 6.39. The van der Waals surface area contributed by atoms with Crippen LogP contribution in [0.5, 0.6) is 5.75 Å². The molecule has 0 saturated carbocycles. The van der Waals surface area contributed by atoms with Gasteiger partial charge in [-0.05, 0) is 30.7 Å². The van der Waals surface area contributed by atoms with E-state index >= 15 is 0 Å². The molecule has 0 atom stereocenters. The molecule has 1 amide bonds. The average molecular weight is 311 g/mol. The number of carbonyl (C=O) groups excluding carboxylic acids is 1. The maximum absolute atomic E-state index is 12.4. The van der Waals surface area contributed by atoms with E-state index < -0.39 is 12.5 Å². The molecule has 1 heterocycles. The van der Waals surface area contributed by atoms with Gasteiger partial charge in [0.15, 0.2) is 5.69 Å². The lowest BCUT2D eigenvalue weighted by Crippen LogP contribution is -2.15. The molecule has 2 aromatic rings. The Kier molecular flexibility index (Phi) is 5.05. The van der Waals surface area contributed by atoms with E-state index in [1.807, 2.05) is 0 Å². The summed E-state index contributed by atoms with van der Waals surface area (Å²) < 4.78 is 35.6. The van der Waals surface area contributed by atoms with Crippen LogP contribution < -0.4 is 10.1 Å². The van der Waals surface area contributed by atoms with E-state index in [1.165, 1.54) is 30.0 Å². The zero-order valence-electron chi connectivity index (χ0n) is 12.0. The summed E-state index contributed by atoms with van der Waals surface area (Å²) in [5, 5.41) is 6.50. The summed E-state index contributed by atoms with van der Waals surface area (Å²) in [7, 11) is 1.50. The fraction of sp³-hybridized carbons (Fsp3) is 0.286. The number of alkyl halides is 2. The maximum atomic E-state index is 12.4. The van der Waals surface area contributed by atoms with Gasteiger partial charge >= 0.3 is 6.61 Å². The van der Waals surface area contributed by atoms with Crippen molar-refractivity contribution in [1.82, 2.24) is 9.78 Å². The molecular formula is C14H15F2N3O3. The second-order valence-corrected chi connectivity index (χ2v) is 4.49. The van der Waals surface area contributed by atoms with Gasteiger partial charge in [-0.1, -0.05) is 6.07 Å². The predicted octanol–water partition coefficient (Wildman–Crippen LogP) is 2.65. The highest BCUT2D eigenvalue weighted by molar-refractivity contribution is 6.03. The Balaban J connectivity index is 2.16. The van der Waals surface area contributed by atoms with Gasteiger partial charge in [0.2, 0.25) is 0 Å². The van der Waals surface area contributed by atoms with Crippen LogP contribution in [0.15, 0.2) is 30.5 Å². The van der Waals surface area contributed by atoms with Crippen LogP contribution in [0, 0.1) is 6.92 Å². The van der Waals surface area contributed by atoms with E-state index in [1.54, 1.807) is 19.2 Å². The van der Waals surface area contributed by atoms with Gasteiger partial charge in [-0.2, -0.15) is 13.9 Å². The average Bonchev–Trinajstić information content (AvgIpc) is 2.90. The quantitative estimate of drug-likeness (QED) is 0.890. The lowest BCUT2D eigenvalue weighted by Gasteiger charge is -2.12. The van der Waals surface area contributed by atoms with E-state index in [9.17, 15) is 13.6 Å². The molecule has 2 rings (SSSR count). The van der Waals surface area contributed by atoms with Crippen LogP contribution in [0.25, 0.3) is 0 Å². The molecule has 1 aromatic carbocycles. The summed E-state index contributed by atoms with van der Waals surface area (Å²) in [5.41, 5.74) is 1.02. The zero-order valence-corrected chi connectivity index (χ0v) is 12.0. The summed E-state index contributed by atoms with van der Waals surface area (Å²) in [6, 6.07) is 6.09. The molecule has 1 aromatic heterocycles. The Morgan fingerprint density at radius 3 is 2.86 bits per heavy atom. The molecule has 22 heavy (non-hydrogen) atoms. The van der Waals surface area contributed by atoms with Crippen molar-refractivity contribution in [2.45, 2.75) is 20.3 Å². The van der Waals surface area contributed by atoms with Gasteiger partial charge in [-0.15, -0.1) is 0 Å². The fourth-order valence-corrected chi connectivity index (χ4v) is 1.80. The van der Waals surface area contributed by atoms with Gasteiger partial charge < -0.3 is 14.8 Å². The van der Waals surface area contributed by atoms with Gasteiger partial charge in [0.1, 0.15) is 12.5 Å². The van der Waals surface area contributed by atoms with Crippen LogP contribution in [-0.2, 0) is 11.5 Å². The predicted molar refractivity (Wildman–Crippen MR) is 75.0 cm³/mol. The number of amides is 1. The highest BCUT2D eigenvalue weighted by Crippen LogP contribution is 2.27. The molecule has 8 heteroatoms. The number of hydrogen-bond acceptors (Lipinski definition) is 4. The van der Waals surface area contributed by atoms with Crippen LogP contribution >= 0.6 is 0 Å². The molecule has 0 fully saturated rings. The van der Waals surface area contributed by atoms with Crippen molar-refractivity contribution in [3.8, 4) is 5.75 Å². The van der Waals surface area contributed by atoms with Gasteiger partial charge in [-0.25, -0.2) is 4.68 Å². The molecule has 0 aliphatic rings. The van der Waals surface area contributed by atoms with Crippen molar-refractivity contribution in [2.24, 2.45) is 0 Å². The minimum absolute atomic E-state index is 0.0975. The third-order valence-electron chi connectivity index (χ3n) is 2.74. The molecule has 0 radical (unpaired) electrons. The maximum Gasteiger partial charge on any atom is 0.387 e.